The molecule has 7 rings (SSSR count). The maximum Gasteiger partial charge on any atom is 0.320 e. The highest BCUT2D eigenvalue weighted by Gasteiger charge is 2.28. The second-order valence-electron chi connectivity index (χ2n) is 13.3. The number of methoxy groups -OCH3 is 1. The third-order valence-corrected chi connectivity index (χ3v) is 10.9. The molecule has 1 amide bonds. The lowest BCUT2D eigenvalue weighted by Gasteiger charge is -2.32. The van der Waals surface area contributed by atoms with E-state index in [0.717, 1.165) is 36.9 Å². The molecule has 2 fully saturated rings. The summed E-state index contributed by atoms with van der Waals surface area (Å²) in [5.74, 6) is 0.618. The number of benzene rings is 3. The van der Waals surface area contributed by atoms with E-state index in [4.69, 9.17) is 49.3 Å². The largest absolute Gasteiger partial charge is 0.481 e. The molecule has 3 aromatic carbocycles. The molecule has 0 spiro atoms. The molecule has 0 aliphatic carbocycles. The molecular formula is C39H39Cl3N6O5. The number of imidazole rings is 1. The number of carboxylic acids is 1. The maximum absolute atomic E-state index is 11.8. The number of aliphatic carboxylic acids is 1. The number of nitrogens with zero attached hydrogens (tertiary/aromatic N) is 4. The van der Waals surface area contributed by atoms with E-state index >= 15 is 0 Å². The smallest absolute Gasteiger partial charge is 0.320 e. The molecule has 2 atom stereocenters. The van der Waals surface area contributed by atoms with Crippen LogP contribution in [-0.2, 0) is 22.7 Å². The number of likely N-dealkylation sites (tertiary alicyclic amines) is 1. The second kappa shape index (κ2) is 16.3. The van der Waals surface area contributed by atoms with Gasteiger partial charge < -0.3 is 29.8 Å². The van der Waals surface area contributed by atoms with Gasteiger partial charge in [0, 0.05) is 72.0 Å². The predicted molar refractivity (Wildman–Crippen MR) is 206 cm³/mol. The summed E-state index contributed by atoms with van der Waals surface area (Å²) in [5.41, 5.74) is 4.97. The lowest BCUT2D eigenvalue weighted by Crippen LogP contribution is -2.45. The number of pyridine rings is 1. The standard InChI is InChI=1S/C39H39Cl3N6O5/c1-52-38-23(20-43-21-25-12-14-34(49)45-25)11-13-29(46-38)28-8-4-6-26(35(28)41)27-7-5-10-32(36(27)42)53-33-19-24(40)18-31-37(33)44-22-48(31)17-16-47-15-3-2-9-30(47)39(50)51/h4-8,10-11,13,18-19,22,25,30,43H,2-3,9,12,14-17,20-21H2,1H3,(H,45,49)(H,50,51)/t25-,30+/m0/s1. The highest BCUT2D eigenvalue weighted by Crippen LogP contribution is 2.44. The molecule has 0 radical (unpaired) electrons. The van der Waals surface area contributed by atoms with Crippen molar-refractivity contribution in [3.63, 3.8) is 0 Å². The molecule has 11 nitrogen and oxygen atoms in total. The lowest BCUT2D eigenvalue weighted by molar-refractivity contribution is -0.144. The minimum absolute atomic E-state index is 0.0882. The van der Waals surface area contributed by atoms with Crippen LogP contribution in [0.2, 0.25) is 15.1 Å². The van der Waals surface area contributed by atoms with Gasteiger partial charge in [-0.3, -0.25) is 14.5 Å². The van der Waals surface area contributed by atoms with Gasteiger partial charge in [0.15, 0.2) is 5.75 Å². The first-order chi connectivity index (χ1) is 25.7. The van der Waals surface area contributed by atoms with E-state index in [1.807, 2.05) is 58.0 Å². The summed E-state index contributed by atoms with van der Waals surface area (Å²) in [7, 11) is 1.58. The average Bonchev–Trinajstić information content (AvgIpc) is 3.77. The Morgan fingerprint density at radius 1 is 0.981 bits per heavy atom. The highest BCUT2D eigenvalue weighted by atomic mass is 35.5. The van der Waals surface area contributed by atoms with Crippen LogP contribution in [0.25, 0.3) is 33.4 Å². The van der Waals surface area contributed by atoms with E-state index in [0.29, 0.717) is 99.4 Å². The predicted octanol–water partition coefficient (Wildman–Crippen LogP) is 7.83. The van der Waals surface area contributed by atoms with E-state index in [1.54, 1.807) is 25.6 Å². The molecule has 4 heterocycles. The Morgan fingerprint density at radius 2 is 1.77 bits per heavy atom. The van der Waals surface area contributed by atoms with Crippen LogP contribution in [0.5, 0.6) is 17.4 Å². The van der Waals surface area contributed by atoms with Gasteiger partial charge in [-0.1, -0.05) is 77.6 Å². The molecule has 276 valence electrons. The monoisotopic (exact) mass is 776 g/mol. The van der Waals surface area contributed by atoms with Crippen molar-refractivity contribution in [2.24, 2.45) is 0 Å². The van der Waals surface area contributed by atoms with E-state index in [2.05, 4.69) is 15.6 Å². The van der Waals surface area contributed by atoms with Gasteiger partial charge in [0.05, 0.1) is 34.7 Å². The number of carbonyl (C=O) groups is 2. The number of amides is 1. The number of nitrogens with one attached hydrogen (secondary N) is 2. The number of hydrogen-bond donors (Lipinski definition) is 3. The zero-order chi connectivity index (χ0) is 37.1. The maximum atomic E-state index is 11.8. The van der Waals surface area contributed by atoms with E-state index in [1.165, 1.54) is 0 Å². The van der Waals surface area contributed by atoms with Gasteiger partial charge in [0.1, 0.15) is 17.3 Å². The van der Waals surface area contributed by atoms with Crippen LogP contribution in [0, 0.1) is 0 Å². The fourth-order valence-electron chi connectivity index (χ4n) is 7.13. The number of carboxylic acid groups (broad SMARTS) is 1. The first-order valence-electron chi connectivity index (χ1n) is 17.6. The zero-order valence-electron chi connectivity index (χ0n) is 29.1. The fourth-order valence-corrected chi connectivity index (χ4v) is 7.92. The molecule has 5 aromatic rings. The van der Waals surface area contributed by atoms with Gasteiger partial charge >= 0.3 is 5.97 Å². The summed E-state index contributed by atoms with van der Waals surface area (Å²) in [4.78, 5) is 34.8. The number of carbonyl (C=O) groups excluding carboxylic acids is 1. The van der Waals surface area contributed by atoms with Crippen molar-refractivity contribution in [1.29, 1.82) is 0 Å². The Kier molecular flexibility index (Phi) is 11.4. The molecule has 53 heavy (non-hydrogen) atoms. The molecule has 2 aliphatic heterocycles. The van der Waals surface area contributed by atoms with Crippen LogP contribution >= 0.6 is 34.8 Å². The normalized spacial score (nSPS) is 17.6. The summed E-state index contributed by atoms with van der Waals surface area (Å²) >= 11 is 20.7. The summed E-state index contributed by atoms with van der Waals surface area (Å²) in [6.07, 6.45) is 5.66. The fraction of sp³-hybridized carbons (Fsp3) is 0.333. The van der Waals surface area contributed by atoms with Crippen LogP contribution in [0.3, 0.4) is 0 Å². The number of halogens is 3. The third kappa shape index (κ3) is 8.10. The number of piperidine rings is 1. The van der Waals surface area contributed by atoms with Crippen molar-refractivity contribution >= 4 is 57.7 Å². The minimum Gasteiger partial charge on any atom is -0.481 e. The Morgan fingerprint density at radius 3 is 2.55 bits per heavy atom. The van der Waals surface area contributed by atoms with Crippen molar-refractivity contribution in [2.45, 2.75) is 57.3 Å². The molecule has 3 N–H and O–H groups in total. The van der Waals surface area contributed by atoms with Gasteiger partial charge in [-0.15, -0.1) is 0 Å². The molecular weight excluding hydrogens is 739 g/mol. The van der Waals surface area contributed by atoms with E-state index in [-0.39, 0.29) is 11.9 Å². The van der Waals surface area contributed by atoms with Gasteiger partial charge in [-0.2, -0.15) is 0 Å². The van der Waals surface area contributed by atoms with Crippen LogP contribution in [0.1, 0.15) is 37.7 Å². The molecule has 0 unspecified atom stereocenters. The molecule has 2 aromatic heterocycles. The van der Waals surface area contributed by atoms with Gasteiger partial charge in [0.25, 0.3) is 0 Å². The number of hydrogen-bond acceptors (Lipinski definition) is 8. The van der Waals surface area contributed by atoms with Crippen molar-refractivity contribution in [1.82, 2.24) is 30.1 Å². The Labute approximate surface area is 322 Å². The summed E-state index contributed by atoms with van der Waals surface area (Å²) in [6, 6.07) is 18.2. The zero-order valence-corrected chi connectivity index (χ0v) is 31.3. The Hall–Kier alpha value is -4.39. The summed E-state index contributed by atoms with van der Waals surface area (Å²) in [5, 5.41) is 17.3. The Balaban J connectivity index is 1.11. The molecule has 2 aliphatic rings. The number of fused-ring (bicyclic) bond motifs is 1. The first-order valence-corrected chi connectivity index (χ1v) is 18.7. The second-order valence-corrected chi connectivity index (χ2v) is 14.5. The van der Waals surface area contributed by atoms with E-state index in [9.17, 15) is 14.7 Å². The van der Waals surface area contributed by atoms with Crippen molar-refractivity contribution in [3.05, 3.63) is 87.6 Å². The minimum atomic E-state index is -0.783. The number of aromatic nitrogens is 3. The van der Waals surface area contributed by atoms with Crippen LogP contribution in [-0.4, -0.2) is 75.2 Å². The van der Waals surface area contributed by atoms with Crippen LogP contribution < -0.4 is 20.1 Å². The number of ether oxygens (including phenoxy) is 2. The third-order valence-electron chi connectivity index (χ3n) is 9.85. The van der Waals surface area contributed by atoms with Gasteiger partial charge in [-0.25, -0.2) is 9.97 Å². The quantitative estimate of drug-likeness (QED) is 0.110. The Bertz CT molecular complexity index is 2160. The lowest BCUT2D eigenvalue weighted by atomic mass is 10.0. The summed E-state index contributed by atoms with van der Waals surface area (Å²) in [6.45, 7) is 3.07. The van der Waals surface area contributed by atoms with Crippen molar-refractivity contribution < 1.29 is 24.2 Å². The van der Waals surface area contributed by atoms with Crippen LogP contribution in [0.4, 0.5) is 0 Å². The topological polar surface area (TPSA) is 131 Å². The molecule has 2 saturated heterocycles. The summed E-state index contributed by atoms with van der Waals surface area (Å²) < 4.78 is 14.0. The van der Waals surface area contributed by atoms with Gasteiger partial charge in [0.2, 0.25) is 11.8 Å². The van der Waals surface area contributed by atoms with Crippen molar-refractivity contribution in [2.75, 3.05) is 26.7 Å². The molecule has 14 heteroatoms. The first kappa shape index (κ1) is 36.9. The molecule has 0 saturated carbocycles. The SMILES string of the molecule is COc1nc(-c2cccc(-c3cccc(Oc4cc(Cl)cc5c4ncn5CCN4CCCC[C@@H]4C(=O)O)c3Cl)c2Cl)ccc1CNC[C@@H]1CCC(=O)N1. The average molecular weight is 778 g/mol. The van der Waals surface area contributed by atoms with Gasteiger partial charge in [-0.05, 0) is 44.0 Å². The van der Waals surface area contributed by atoms with Crippen molar-refractivity contribution in [3.8, 4) is 39.8 Å². The number of rotatable bonds is 13. The van der Waals surface area contributed by atoms with E-state index < -0.39 is 12.0 Å². The van der Waals surface area contributed by atoms with Crippen LogP contribution in [0.15, 0.2) is 67.0 Å². The highest BCUT2D eigenvalue weighted by molar-refractivity contribution is 6.38. The molecule has 0 bridgehead atoms.